The van der Waals surface area contributed by atoms with E-state index in [4.69, 9.17) is 0 Å². The van der Waals surface area contributed by atoms with E-state index in [1.165, 1.54) is 42.5 Å². The molecule has 2 saturated carbocycles. The fraction of sp³-hybridized carbons (Fsp3) is 0.667. The number of rotatable bonds is 7. The summed E-state index contributed by atoms with van der Waals surface area (Å²) in [6.07, 6.45) is 5.03. The Morgan fingerprint density at radius 3 is 2.24 bits per heavy atom. The molecule has 0 aromatic heterocycles. The molecule has 0 heterocycles. The van der Waals surface area contributed by atoms with E-state index < -0.39 is 0 Å². The Balaban J connectivity index is 1.77. The molecular weight excluding hydrogens is 260 g/mol. The van der Waals surface area contributed by atoms with Gasteiger partial charge in [0.15, 0.2) is 0 Å². The van der Waals surface area contributed by atoms with E-state index in [1.807, 2.05) is 0 Å². The standard InChI is InChI=1S/C18H28N2O/c1-13-8-14(2)10-17(9-13)20(3)11-18(12-21,15-4-5-15)19-16-6-7-16/h8-10,15-16,19,21H,4-7,11-12H2,1-3H3. The van der Waals surface area contributed by atoms with Crippen LogP contribution in [0.4, 0.5) is 5.69 Å². The summed E-state index contributed by atoms with van der Waals surface area (Å²) < 4.78 is 0. The normalized spacial score (nSPS) is 21.1. The fourth-order valence-corrected chi connectivity index (χ4v) is 3.47. The molecule has 1 atom stereocenters. The van der Waals surface area contributed by atoms with Gasteiger partial charge in [-0.05, 0) is 68.7 Å². The summed E-state index contributed by atoms with van der Waals surface area (Å²) >= 11 is 0. The highest BCUT2D eigenvalue weighted by Gasteiger charge is 2.47. The molecule has 2 aliphatic rings. The predicted molar refractivity (Wildman–Crippen MR) is 87.9 cm³/mol. The van der Waals surface area contributed by atoms with Gasteiger partial charge in [0.1, 0.15) is 0 Å². The van der Waals surface area contributed by atoms with Gasteiger partial charge in [-0.1, -0.05) is 6.07 Å². The van der Waals surface area contributed by atoms with Crippen molar-refractivity contribution in [3.63, 3.8) is 0 Å². The lowest BCUT2D eigenvalue weighted by atomic mass is 9.92. The minimum absolute atomic E-state index is 0.117. The van der Waals surface area contributed by atoms with Crippen LogP contribution in [0.3, 0.4) is 0 Å². The number of hydrogen-bond acceptors (Lipinski definition) is 3. The lowest BCUT2D eigenvalue weighted by Gasteiger charge is -2.38. The van der Waals surface area contributed by atoms with Crippen LogP contribution in [-0.4, -0.2) is 36.9 Å². The van der Waals surface area contributed by atoms with Crippen molar-refractivity contribution in [2.75, 3.05) is 25.1 Å². The maximum absolute atomic E-state index is 10.1. The Kier molecular flexibility index (Phi) is 3.98. The molecule has 1 unspecified atom stereocenters. The first-order valence-electron chi connectivity index (χ1n) is 8.20. The van der Waals surface area contributed by atoms with Crippen LogP contribution in [-0.2, 0) is 0 Å². The molecule has 0 aliphatic heterocycles. The number of aliphatic hydroxyl groups is 1. The zero-order valence-electron chi connectivity index (χ0n) is 13.5. The molecule has 3 nitrogen and oxygen atoms in total. The van der Waals surface area contributed by atoms with E-state index in [0.717, 1.165) is 6.54 Å². The van der Waals surface area contributed by atoms with Crippen LogP contribution in [0.25, 0.3) is 0 Å². The van der Waals surface area contributed by atoms with Crippen molar-refractivity contribution in [3.8, 4) is 0 Å². The van der Waals surface area contributed by atoms with Gasteiger partial charge in [0.2, 0.25) is 0 Å². The second-order valence-corrected chi connectivity index (χ2v) is 7.21. The summed E-state index contributed by atoms with van der Waals surface area (Å²) in [7, 11) is 2.15. The average molecular weight is 288 g/mol. The summed E-state index contributed by atoms with van der Waals surface area (Å²) in [6.45, 7) is 5.41. The first-order chi connectivity index (χ1) is 10.0. The molecule has 3 rings (SSSR count). The van der Waals surface area contributed by atoms with Crippen LogP contribution in [0.1, 0.15) is 36.8 Å². The summed E-state index contributed by atoms with van der Waals surface area (Å²) in [5.41, 5.74) is 3.73. The number of likely N-dealkylation sites (N-methyl/N-ethyl adjacent to an activating group) is 1. The van der Waals surface area contributed by atoms with Gasteiger partial charge in [0, 0.05) is 25.3 Å². The molecule has 0 bridgehead atoms. The number of aryl methyl sites for hydroxylation is 2. The van der Waals surface area contributed by atoms with Crippen molar-refractivity contribution in [3.05, 3.63) is 29.3 Å². The molecule has 21 heavy (non-hydrogen) atoms. The molecule has 2 N–H and O–H groups in total. The minimum Gasteiger partial charge on any atom is -0.394 e. The van der Waals surface area contributed by atoms with E-state index in [1.54, 1.807) is 0 Å². The van der Waals surface area contributed by atoms with Crippen molar-refractivity contribution in [2.45, 2.75) is 51.1 Å². The maximum Gasteiger partial charge on any atom is 0.0633 e. The van der Waals surface area contributed by atoms with E-state index in [2.05, 4.69) is 49.3 Å². The molecule has 0 spiro atoms. The molecule has 0 amide bonds. The van der Waals surface area contributed by atoms with Crippen molar-refractivity contribution in [1.82, 2.24) is 5.32 Å². The molecule has 1 aromatic carbocycles. The third-order valence-corrected chi connectivity index (χ3v) is 4.88. The van der Waals surface area contributed by atoms with Crippen LogP contribution in [0, 0.1) is 19.8 Å². The zero-order chi connectivity index (χ0) is 15.0. The topological polar surface area (TPSA) is 35.5 Å². The van der Waals surface area contributed by atoms with Gasteiger partial charge in [0.05, 0.1) is 12.1 Å². The number of anilines is 1. The molecule has 2 aliphatic carbocycles. The van der Waals surface area contributed by atoms with Crippen LogP contribution in [0.2, 0.25) is 0 Å². The Hall–Kier alpha value is -1.06. The Labute approximate surface area is 128 Å². The van der Waals surface area contributed by atoms with Gasteiger partial charge in [-0.2, -0.15) is 0 Å². The number of aliphatic hydroxyl groups excluding tert-OH is 1. The zero-order valence-corrected chi connectivity index (χ0v) is 13.5. The summed E-state index contributed by atoms with van der Waals surface area (Å²) in [5, 5.41) is 13.8. The molecule has 2 fully saturated rings. The quantitative estimate of drug-likeness (QED) is 0.809. The molecule has 116 valence electrons. The lowest BCUT2D eigenvalue weighted by Crippen LogP contribution is -2.58. The third-order valence-electron chi connectivity index (χ3n) is 4.88. The molecule has 3 heteroatoms. The summed E-state index contributed by atoms with van der Waals surface area (Å²) in [6, 6.07) is 7.31. The van der Waals surface area contributed by atoms with Crippen LogP contribution in [0.5, 0.6) is 0 Å². The van der Waals surface area contributed by atoms with Gasteiger partial charge in [-0.25, -0.2) is 0 Å². The summed E-state index contributed by atoms with van der Waals surface area (Å²) in [4.78, 5) is 2.31. The van der Waals surface area contributed by atoms with Crippen molar-refractivity contribution in [1.29, 1.82) is 0 Å². The predicted octanol–water partition coefficient (Wildman–Crippen LogP) is 2.63. The second kappa shape index (κ2) is 5.62. The van der Waals surface area contributed by atoms with Gasteiger partial charge < -0.3 is 15.3 Å². The van der Waals surface area contributed by atoms with Crippen LogP contribution in [0.15, 0.2) is 18.2 Å². The third kappa shape index (κ3) is 3.41. The Morgan fingerprint density at radius 1 is 1.14 bits per heavy atom. The van der Waals surface area contributed by atoms with E-state index in [0.29, 0.717) is 12.0 Å². The van der Waals surface area contributed by atoms with Gasteiger partial charge in [0.25, 0.3) is 0 Å². The van der Waals surface area contributed by atoms with Gasteiger partial charge in [-0.3, -0.25) is 0 Å². The van der Waals surface area contributed by atoms with Crippen LogP contribution >= 0.6 is 0 Å². The smallest absolute Gasteiger partial charge is 0.0633 e. The van der Waals surface area contributed by atoms with Crippen LogP contribution < -0.4 is 10.2 Å². The van der Waals surface area contributed by atoms with E-state index in [-0.39, 0.29) is 12.1 Å². The Bertz CT molecular complexity index is 488. The van der Waals surface area contributed by atoms with E-state index in [9.17, 15) is 5.11 Å². The highest BCUT2D eigenvalue weighted by Crippen LogP contribution is 2.42. The van der Waals surface area contributed by atoms with Crippen molar-refractivity contribution >= 4 is 5.69 Å². The highest BCUT2D eigenvalue weighted by molar-refractivity contribution is 5.50. The van der Waals surface area contributed by atoms with Gasteiger partial charge >= 0.3 is 0 Å². The molecule has 1 aromatic rings. The summed E-state index contributed by atoms with van der Waals surface area (Å²) in [5.74, 6) is 0.636. The van der Waals surface area contributed by atoms with Gasteiger partial charge in [-0.15, -0.1) is 0 Å². The first-order valence-corrected chi connectivity index (χ1v) is 8.20. The molecule has 0 radical (unpaired) electrons. The molecule has 0 saturated heterocycles. The average Bonchev–Trinajstić information content (AvgIpc) is 3.29. The number of benzene rings is 1. The number of hydrogen-bond donors (Lipinski definition) is 2. The maximum atomic E-state index is 10.1. The fourth-order valence-electron chi connectivity index (χ4n) is 3.47. The Morgan fingerprint density at radius 2 is 1.76 bits per heavy atom. The minimum atomic E-state index is -0.117. The highest BCUT2D eigenvalue weighted by atomic mass is 16.3. The largest absolute Gasteiger partial charge is 0.394 e. The monoisotopic (exact) mass is 288 g/mol. The lowest BCUT2D eigenvalue weighted by molar-refractivity contribution is 0.142. The number of nitrogens with zero attached hydrogens (tertiary/aromatic N) is 1. The van der Waals surface area contributed by atoms with Crippen molar-refractivity contribution < 1.29 is 5.11 Å². The molecular formula is C18H28N2O. The SMILES string of the molecule is Cc1cc(C)cc(N(C)CC(CO)(NC2CC2)C2CC2)c1. The van der Waals surface area contributed by atoms with E-state index >= 15 is 0 Å². The number of nitrogens with one attached hydrogen (secondary N) is 1. The first kappa shape index (κ1) is 14.9. The van der Waals surface area contributed by atoms with Crippen molar-refractivity contribution in [2.24, 2.45) is 5.92 Å². The second-order valence-electron chi connectivity index (χ2n) is 7.21.